The highest BCUT2D eigenvalue weighted by molar-refractivity contribution is 5.95. The van der Waals surface area contributed by atoms with Gasteiger partial charge in [0.1, 0.15) is 12.4 Å². The molecule has 0 bridgehead atoms. The molecule has 19 heavy (non-hydrogen) atoms. The van der Waals surface area contributed by atoms with Gasteiger partial charge in [-0.15, -0.1) is 0 Å². The summed E-state index contributed by atoms with van der Waals surface area (Å²) in [4.78, 5) is 13.8. The number of carboxylic acid groups (broad SMARTS) is 1. The molecule has 0 fully saturated rings. The predicted molar refractivity (Wildman–Crippen MR) is 70.6 cm³/mol. The van der Waals surface area contributed by atoms with E-state index in [0.29, 0.717) is 18.8 Å². The van der Waals surface area contributed by atoms with Gasteiger partial charge in [-0.05, 0) is 17.7 Å². The Kier molecular flexibility index (Phi) is 4.20. The summed E-state index contributed by atoms with van der Waals surface area (Å²) >= 11 is 0. The van der Waals surface area contributed by atoms with Crippen molar-refractivity contribution < 1.29 is 19.4 Å². The van der Waals surface area contributed by atoms with Crippen molar-refractivity contribution in [3.8, 4) is 16.9 Å². The second kappa shape index (κ2) is 6.06. The molecular formula is C14H15NO4. The number of carbonyl (C=O) groups is 1. The van der Waals surface area contributed by atoms with E-state index < -0.39 is 5.97 Å². The van der Waals surface area contributed by atoms with Crippen LogP contribution in [0.15, 0.2) is 36.7 Å². The summed E-state index contributed by atoms with van der Waals surface area (Å²) in [5, 5.41) is 9.06. The van der Waals surface area contributed by atoms with Crippen molar-refractivity contribution >= 4 is 5.97 Å². The average Bonchev–Trinajstić information content (AvgIpc) is 2.89. The molecule has 0 amide bonds. The zero-order valence-corrected chi connectivity index (χ0v) is 10.6. The molecule has 2 aromatic rings. The minimum Gasteiger partial charge on any atom is -0.491 e. The Morgan fingerprint density at radius 1 is 1.21 bits per heavy atom. The number of benzene rings is 1. The van der Waals surface area contributed by atoms with Crippen molar-refractivity contribution in [3.05, 3.63) is 42.2 Å². The quantitative estimate of drug-likeness (QED) is 0.783. The number of hydrogen-bond donors (Lipinski definition) is 2. The molecule has 0 saturated carbocycles. The molecular weight excluding hydrogens is 246 g/mol. The molecule has 0 aliphatic carbocycles. The molecule has 2 N–H and O–H groups in total. The van der Waals surface area contributed by atoms with Crippen LogP contribution in [0.2, 0.25) is 0 Å². The lowest BCUT2D eigenvalue weighted by molar-refractivity contribution is 0.0698. The van der Waals surface area contributed by atoms with Gasteiger partial charge in [-0.2, -0.15) is 0 Å². The molecule has 1 aromatic carbocycles. The fraction of sp³-hybridized carbons (Fsp3) is 0.214. The third-order valence-corrected chi connectivity index (χ3v) is 2.70. The maximum atomic E-state index is 11.0. The molecule has 0 radical (unpaired) electrons. The largest absolute Gasteiger partial charge is 0.491 e. The number of H-pyrrole nitrogens is 1. The van der Waals surface area contributed by atoms with E-state index in [1.54, 1.807) is 13.3 Å². The third kappa shape index (κ3) is 3.14. The van der Waals surface area contributed by atoms with E-state index in [2.05, 4.69) is 4.98 Å². The number of methoxy groups -OCH3 is 1. The lowest BCUT2D eigenvalue weighted by Crippen LogP contribution is -2.04. The molecule has 0 aliphatic heterocycles. The van der Waals surface area contributed by atoms with Crippen LogP contribution in [0.25, 0.3) is 11.1 Å². The molecule has 0 aliphatic rings. The van der Waals surface area contributed by atoms with Crippen molar-refractivity contribution in [2.24, 2.45) is 0 Å². The third-order valence-electron chi connectivity index (χ3n) is 2.70. The summed E-state index contributed by atoms with van der Waals surface area (Å²) in [6, 6.07) is 7.28. The summed E-state index contributed by atoms with van der Waals surface area (Å²) in [6.45, 7) is 1.02. The highest BCUT2D eigenvalue weighted by Gasteiger charge is 2.12. The van der Waals surface area contributed by atoms with E-state index in [9.17, 15) is 4.79 Å². The van der Waals surface area contributed by atoms with Gasteiger partial charge in [-0.25, -0.2) is 4.79 Å². The van der Waals surface area contributed by atoms with Crippen LogP contribution in [0.5, 0.6) is 5.75 Å². The Balaban J connectivity index is 2.13. The van der Waals surface area contributed by atoms with Crippen LogP contribution in [0.4, 0.5) is 0 Å². The van der Waals surface area contributed by atoms with E-state index >= 15 is 0 Å². The first kappa shape index (κ1) is 13.2. The lowest BCUT2D eigenvalue weighted by atomic mass is 10.0. The van der Waals surface area contributed by atoms with E-state index in [1.165, 1.54) is 6.20 Å². The van der Waals surface area contributed by atoms with Gasteiger partial charge in [-0.1, -0.05) is 12.1 Å². The van der Waals surface area contributed by atoms with Crippen molar-refractivity contribution in [1.29, 1.82) is 0 Å². The van der Waals surface area contributed by atoms with E-state index in [0.717, 1.165) is 11.3 Å². The maximum absolute atomic E-state index is 11.0. The zero-order valence-electron chi connectivity index (χ0n) is 10.6. The summed E-state index contributed by atoms with van der Waals surface area (Å²) < 4.78 is 10.3. The molecule has 5 heteroatoms. The molecule has 5 nitrogen and oxygen atoms in total. The van der Waals surface area contributed by atoms with Gasteiger partial charge in [0.05, 0.1) is 12.2 Å². The monoisotopic (exact) mass is 261 g/mol. The normalized spacial score (nSPS) is 10.4. The average molecular weight is 261 g/mol. The van der Waals surface area contributed by atoms with Crippen molar-refractivity contribution in [3.63, 3.8) is 0 Å². The Labute approximate surface area is 110 Å². The van der Waals surface area contributed by atoms with Gasteiger partial charge in [0, 0.05) is 25.1 Å². The summed E-state index contributed by atoms with van der Waals surface area (Å²) in [5.41, 5.74) is 1.75. The molecule has 0 saturated heterocycles. The van der Waals surface area contributed by atoms with Gasteiger partial charge < -0.3 is 19.6 Å². The van der Waals surface area contributed by atoms with Gasteiger partial charge in [0.25, 0.3) is 0 Å². The predicted octanol–water partition coefficient (Wildman–Crippen LogP) is 2.41. The topological polar surface area (TPSA) is 71.5 Å². The first-order valence-corrected chi connectivity index (χ1v) is 5.84. The van der Waals surface area contributed by atoms with Crippen LogP contribution >= 0.6 is 0 Å². The standard InChI is InChI=1S/C14H15NO4/c1-18-6-7-19-11-4-2-10(3-5-11)12-8-15-9-13(12)14(16)17/h2-5,8-9,15H,6-7H2,1H3,(H,16,17). The van der Waals surface area contributed by atoms with Crippen LogP contribution < -0.4 is 4.74 Å². The Hall–Kier alpha value is -2.27. The summed E-state index contributed by atoms with van der Waals surface area (Å²) in [5.74, 6) is -0.218. The highest BCUT2D eigenvalue weighted by atomic mass is 16.5. The van der Waals surface area contributed by atoms with Crippen LogP contribution in [-0.2, 0) is 4.74 Å². The molecule has 1 heterocycles. The lowest BCUT2D eigenvalue weighted by Gasteiger charge is -2.06. The van der Waals surface area contributed by atoms with Crippen molar-refractivity contribution in [2.75, 3.05) is 20.3 Å². The van der Waals surface area contributed by atoms with Crippen LogP contribution in [0.1, 0.15) is 10.4 Å². The first-order chi connectivity index (χ1) is 9.22. The minimum atomic E-state index is -0.948. The Bertz CT molecular complexity index is 545. The molecule has 0 atom stereocenters. The fourth-order valence-electron chi connectivity index (χ4n) is 1.75. The number of carboxylic acids is 1. The van der Waals surface area contributed by atoms with Gasteiger partial charge in [-0.3, -0.25) is 0 Å². The Morgan fingerprint density at radius 3 is 2.58 bits per heavy atom. The number of aromatic amines is 1. The van der Waals surface area contributed by atoms with Gasteiger partial charge in [0.15, 0.2) is 0 Å². The molecule has 1 aromatic heterocycles. The number of hydrogen-bond acceptors (Lipinski definition) is 3. The SMILES string of the molecule is COCCOc1ccc(-c2c[nH]cc2C(=O)O)cc1. The number of aromatic carboxylic acids is 1. The highest BCUT2D eigenvalue weighted by Crippen LogP contribution is 2.25. The maximum Gasteiger partial charge on any atom is 0.337 e. The molecule has 0 spiro atoms. The summed E-state index contributed by atoms with van der Waals surface area (Å²) in [7, 11) is 1.62. The number of aromatic nitrogens is 1. The minimum absolute atomic E-state index is 0.257. The van der Waals surface area contributed by atoms with Gasteiger partial charge in [0.2, 0.25) is 0 Å². The van der Waals surface area contributed by atoms with Crippen molar-refractivity contribution in [1.82, 2.24) is 4.98 Å². The van der Waals surface area contributed by atoms with Gasteiger partial charge >= 0.3 is 5.97 Å². The fourth-order valence-corrected chi connectivity index (χ4v) is 1.75. The number of rotatable bonds is 6. The van der Waals surface area contributed by atoms with Crippen LogP contribution in [0.3, 0.4) is 0 Å². The molecule has 100 valence electrons. The van der Waals surface area contributed by atoms with Crippen LogP contribution in [0, 0.1) is 0 Å². The van der Waals surface area contributed by atoms with E-state index in [-0.39, 0.29) is 5.56 Å². The Morgan fingerprint density at radius 2 is 1.95 bits per heavy atom. The van der Waals surface area contributed by atoms with Crippen molar-refractivity contribution in [2.45, 2.75) is 0 Å². The second-order valence-corrected chi connectivity index (χ2v) is 3.95. The van der Waals surface area contributed by atoms with Crippen LogP contribution in [-0.4, -0.2) is 36.4 Å². The first-order valence-electron chi connectivity index (χ1n) is 5.84. The molecule has 0 unspecified atom stereocenters. The number of ether oxygens (including phenoxy) is 2. The summed E-state index contributed by atoms with van der Waals surface area (Å²) in [6.07, 6.45) is 3.14. The van der Waals surface area contributed by atoms with E-state index in [4.69, 9.17) is 14.6 Å². The zero-order chi connectivity index (χ0) is 13.7. The van der Waals surface area contributed by atoms with E-state index in [1.807, 2.05) is 24.3 Å². The number of nitrogens with one attached hydrogen (secondary N) is 1. The molecule has 2 rings (SSSR count). The second-order valence-electron chi connectivity index (χ2n) is 3.95. The smallest absolute Gasteiger partial charge is 0.337 e.